The molecule has 1 aliphatic carbocycles. The van der Waals surface area contributed by atoms with Crippen LogP contribution in [0.1, 0.15) is 50.5 Å². The fourth-order valence-corrected chi connectivity index (χ4v) is 4.58. The summed E-state index contributed by atoms with van der Waals surface area (Å²) in [4.78, 5) is 16.5. The third kappa shape index (κ3) is 5.71. The highest BCUT2D eigenvalue weighted by Crippen LogP contribution is 2.32. The van der Waals surface area contributed by atoms with Gasteiger partial charge in [-0.2, -0.15) is 0 Å². The van der Waals surface area contributed by atoms with E-state index in [1.54, 1.807) is 0 Å². The van der Waals surface area contributed by atoms with Crippen LogP contribution in [-0.2, 0) is 6.54 Å². The highest BCUT2D eigenvalue weighted by Gasteiger charge is 2.32. The molecule has 0 spiro atoms. The summed E-state index contributed by atoms with van der Waals surface area (Å²) in [7, 11) is 0. The average molecular weight is 359 g/mol. The van der Waals surface area contributed by atoms with E-state index in [4.69, 9.17) is 5.73 Å². The van der Waals surface area contributed by atoms with E-state index < -0.39 is 0 Å². The zero-order valence-corrected chi connectivity index (χ0v) is 16.0. The first-order valence-electron chi connectivity index (χ1n) is 10.2. The zero-order chi connectivity index (χ0) is 18.2. The number of amides is 2. The predicted octanol–water partition coefficient (Wildman–Crippen LogP) is 2.96. The lowest BCUT2D eigenvalue weighted by Crippen LogP contribution is -2.52. The number of primary amides is 1. The fourth-order valence-electron chi connectivity index (χ4n) is 4.58. The van der Waals surface area contributed by atoms with Gasteiger partial charge in [0.1, 0.15) is 0 Å². The van der Waals surface area contributed by atoms with Gasteiger partial charge < -0.3 is 16.0 Å². The summed E-state index contributed by atoms with van der Waals surface area (Å²) in [5.74, 6) is 0. The predicted molar refractivity (Wildman–Crippen MR) is 106 cm³/mol. The van der Waals surface area contributed by atoms with Gasteiger partial charge in [0.05, 0.1) is 0 Å². The second-order valence-electron chi connectivity index (χ2n) is 8.04. The molecule has 0 bridgehead atoms. The van der Waals surface area contributed by atoms with E-state index >= 15 is 0 Å². The summed E-state index contributed by atoms with van der Waals surface area (Å²) in [6, 6.07) is 10.4. The lowest BCUT2D eigenvalue weighted by molar-refractivity contribution is 0.120. The van der Waals surface area contributed by atoms with Crippen LogP contribution in [0.2, 0.25) is 0 Å². The van der Waals surface area contributed by atoms with Crippen LogP contribution in [0.4, 0.5) is 4.79 Å². The molecule has 26 heavy (non-hydrogen) atoms. The number of benzene rings is 1. The molecule has 3 N–H and O–H groups in total. The Morgan fingerprint density at radius 3 is 2.31 bits per heavy atom. The van der Waals surface area contributed by atoms with Crippen LogP contribution in [0, 0.1) is 0 Å². The number of piperazine rings is 1. The molecular weight excluding hydrogens is 324 g/mol. The zero-order valence-electron chi connectivity index (χ0n) is 16.0. The first kappa shape index (κ1) is 19.2. The Balaban J connectivity index is 1.38. The van der Waals surface area contributed by atoms with Gasteiger partial charge in [-0.25, -0.2) is 4.79 Å². The molecular formula is C21H34N4O. The largest absolute Gasteiger partial charge is 0.352 e. The maximum Gasteiger partial charge on any atom is 0.312 e. The normalized spacial score (nSPS) is 21.4. The molecule has 5 nitrogen and oxygen atoms in total. The average Bonchev–Trinajstić information content (AvgIpc) is 2.64. The van der Waals surface area contributed by atoms with Crippen LogP contribution in [0.15, 0.2) is 30.3 Å². The standard InChI is InChI=1S/C21H34N4O/c22-20(26)23-21(10-5-2-6-11-21)12-7-13-24-14-16-25(17-15-24)18-19-8-3-1-4-9-19/h1,3-4,8-9H,2,5-7,10-18H2,(H3,22,23,26). The van der Waals surface area contributed by atoms with Crippen molar-refractivity contribution in [3.05, 3.63) is 35.9 Å². The molecule has 144 valence electrons. The number of hydrogen-bond acceptors (Lipinski definition) is 3. The van der Waals surface area contributed by atoms with Crippen molar-refractivity contribution in [3.8, 4) is 0 Å². The van der Waals surface area contributed by atoms with E-state index in [1.807, 2.05) is 0 Å². The lowest BCUT2D eigenvalue weighted by atomic mass is 9.78. The summed E-state index contributed by atoms with van der Waals surface area (Å²) in [6.07, 6.45) is 8.06. The van der Waals surface area contributed by atoms with E-state index in [1.165, 1.54) is 24.8 Å². The molecule has 1 aromatic rings. The van der Waals surface area contributed by atoms with Crippen LogP contribution in [0.3, 0.4) is 0 Å². The van der Waals surface area contributed by atoms with Crippen molar-refractivity contribution in [1.29, 1.82) is 0 Å². The first-order valence-corrected chi connectivity index (χ1v) is 10.2. The molecule has 1 heterocycles. The molecule has 0 atom stereocenters. The van der Waals surface area contributed by atoms with Gasteiger partial charge in [0.15, 0.2) is 0 Å². The number of rotatable bonds is 7. The van der Waals surface area contributed by atoms with E-state index in [2.05, 4.69) is 45.4 Å². The summed E-state index contributed by atoms with van der Waals surface area (Å²) in [5, 5.41) is 3.08. The molecule has 5 heteroatoms. The third-order valence-corrected chi connectivity index (χ3v) is 6.04. The molecule has 2 amide bonds. The summed E-state index contributed by atoms with van der Waals surface area (Å²) in [6.45, 7) is 6.74. The van der Waals surface area contributed by atoms with Crippen LogP contribution in [0.25, 0.3) is 0 Å². The lowest BCUT2D eigenvalue weighted by Gasteiger charge is -2.39. The van der Waals surface area contributed by atoms with Crippen molar-refractivity contribution in [3.63, 3.8) is 0 Å². The van der Waals surface area contributed by atoms with Gasteiger partial charge in [0.2, 0.25) is 0 Å². The molecule has 2 aliphatic rings. The molecule has 1 aliphatic heterocycles. The maximum atomic E-state index is 11.4. The van der Waals surface area contributed by atoms with Gasteiger partial charge in [0.25, 0.3) is 0 Å². The Labute approximate surface area is 157 Å². The van der Waals surface area contributed by atoms with Crippen molar-refractivity contribution in [2.24, 2.45) is 5.73 Å². The van der Waals surface area contributed by atoms with Crippen molar-refractivity contribution < 1.29 is 4.79 Å². The Morgan fingerprint density at radius 1 is 1.00 bits per heavy atom. The Kier molecular flexibility index (Phi) is 6.92. The number of nitrogens with zero attached hydrogens (tertiary/aromatic N) is 2. The third-order valence-electron chi connectivity index (χ3n) is 6.04. The van der Waals surface area contributed by atoms with Crippen LogP contribution >= 0.6 is 0 Å². The number of hydrogen-bond donors (Lipinski definition) is 2. The van der Waals surface area contributed by atoms with Crippen molar-refractivity contribution >= 4 is 6.03 Å². The van der Waals surface area contributed by atoms with Crippen molar-refractivity contribution in [1.82, 2.24) is 15.1 Å². The van der Waals surface area contributed by atoms with Gasteiger partial charge >= 0.3 is 6.03 Å². The summed E-state index contributed by atoms with van der Waals surface area (Å²) in [5.41, 5.74) is 6.79. The van der Waals surface area contributed by atoms with E-state index in [-0.39, 0.29) is 11.6 Å². The van der Waals surface area contributed by atoms with Gasteiger partial charge in [0, 0.05) is 38.3 Å². The molecule has 3 rings (SSSR count). The van der Waals surface area contributed by atoms with Crippen molar-refractivity contribution in [2.45, 2.75) is 57.0 Å². The summed E-state index contributed by atoms with van der Waals surface area (Å²) < 4.78 is 0. The number of urea groups is 1. The van der Waals surface area contributed by atoms with E-state index in [0.717, 1.165) is 65.0 Å². The molecule has 1 saturated heterocycles. The Morgan fingerprint density at radius 2 is 1.65 bits per heavy atom. The van der Waals surface area contributed by atoms with E-state index in [9.17, 15) is 4.79 Å². The monoisotopic (exact) mass is 358 g/mol. The second kappa shape index (κ2) is 9.38. The SMILES string of the molecule is NC(=O)NC1(CCCN2CCN(Cc3ccccc3)CC2)CCCCC1. The topological polar surface area (TPSA) is 61.6 Å². The number of carbonyl (C=O) groups is 1. The minimum absolute atomic E-state index is 0.0424. The number of carbonyl (C=O) groups excluding carboxylic acids is 1. The molecule has 1 saturated carbocycles. The molecule has 0 radical (unpaired) electrons. The van der Waals surface area contributed by atoms with Gasteiger partial charge in [-0.05, 0) is 37.8 Å². The second-order valence-corrected chi connectivity index (χ2v) is 8.04. The van der Waals surface area contributed by atoms with Gasteiger partial charge in [-0.1, -0.05) is 49.6 Å². The van der Waals surface area contributed by atoms with Crippen LogP contribution in [-0.4, -0.2) is 54.1 Å². The highest BCUT2D eigenvalue weighted by atomic mass is 16.2. The van der Waals surface area contributed by atoms with E-state index in [0.29, 0.717) is 0 Å². The molecule has 1 aromatic carbocycles. The minimum atomic E-state index is -0.360. The Hall–Kier alpha value is -1.59. The van der Waals surface area contributed by atoms with Crippen molar-refractivity contribution in [2.75, 3.05) is 32.7 Å². The molecule has 2 fully saturated rings. The molecule has 0 aromatic heterocycles. The number of nitrogens with two attached hydrogens (primary N) is 1. The van der Waals surface area contributed by atoms with Gasteiger partial charge in [-0.3, -0.25) is 4.90 Å². The maximum absolute atomic E-state index is 11.4. The fraction of sp³-hybridized carbons (Fsp3) is 0.667. The summed E-state index contributed by atoms with van der Waals surface area (Å²) >= 11 is 0. The smallest absolute Gasteiger partial charge is 0.312 e. The Bertz CT molecular complexity index is 548. The number of nitrogens with one attached hydrogen (secondary N) is 1. The minimum Gasteiger partial charge on any atom is -0.352 e. The van der Waals surface area contributed by atoms with Crippen LogP contribution < -0.4 is 11.1 Å². The molecule has 0 unspecified atom stereocenters. The first-order chi connectivity index (χ1) is 12.7. The quantitative estimate of drug-likeness (QED) is 0.788. The van der Waals surface area contributed by atoms with Gasteiger partial charge in [-0.15, -0.1) is 0 Å². The van der Waals surface area contributed by atoms with Crippen LogP contribution in [0.5, 0.6) is 0 Å². The highest BCUT2D eigenvalue weighted by molar-refractivity contribution is 5.72.